The summed E-state index contributed by atoms with van der Waals surface area (Å²) in [6.07, 6.45) is 2.24. The lowest BCUT2D eigenvalue weighted by Gasteiger charge is -2.33. The quantitative estimate of drug-likeness (QED) is 0.623. The van der Waals surface area contributed by atoms with Gasteiger partial charge in [0.25, 0.3) is 0 Å². The predicted molar refractivity (Wildman–Crippen MR) is 125 cm³/mol. The maximum absolute atomic E-state index is 13.0. The van der Waals surface area contributed by atoms with Gasteiger partial charge >= 0.3 is 6.09 Å². The van der Waals surface area contributed by atoms with Crippen LogP contribution in [0.4, 0.5) is 4.79 Å². The van der Waals surface area contributed by atoms with E-state index in [1.165, 1.54) is 11.4 Å². The normalized spacial score (nSPS) is 16.6. The number of hydrogen-bond acceptors (Lipinski definition) is 5. The number of alkyl carbamates (subject to hydrolysis) is 1. The Kier molecular flexibility index (Phi) is 8.67. The van der Waals surface area contributed by atoms with Crippen LogP contribution in [0.25, 0.3) is 0 Å². The lowest BCUT2D eigenvalue weighted by Crippen LogP contribution is -2.45. The Morgan fingerprint density at radius 1 is 1.09 bits per heavy atom. The zero-order chi connectivity index (χ0) is 23.0. The number of piperidine rings is 1. The van der Waals surface area contributed by atoms with E-state index in [9.17, 15) is 13.2 Å². The second-order valence-electron chi connectivity index (χ2n) is 8.25. The Balaban J connectivity index is 1.62. The number of methoxy groups -OCH3 is 1. The molecule has 1 saturated heterocycles. The molecule has 1 aliphatic rings. The molecular formula is C24H33N3O4S. The van der Waals surface area contributed by atoms with Gasteiger partial charge in [0, 0.05) is 32.7 Å². The Morgan fingerprint density at radius 3 is 2.28 bits per heavy atom. The van der Waals surface area contributed by atoms with Crippen molar-refractivity contribution in [3.63, 3.8) is 0 Å². The number of carbonyl (C=O) groups excluding carboxylic acids is 1. The molecule has 0 radical (unpaired) electrons. The Labute approximate surface area is 191 Å². The van der Waals surface area contributed by atoms with E-state index in [1.54, 1.807) is 31.3 Å². The molecule has 174 valence electrons. The highest BCUT2D eigenvalue weighted by molar-refractivity contribution is 7.89. The number of likely N-dealkylation sites (N-methyl/N-ethyl adjacent to an activating group) is 1. The highest BCUT2D eigenvalue weighted by Gasteiger charge is 2.26. The average Bonchev–Trinajstić information content (AvgIpc) is 2.83. The SMILES string of the molecule is COC(=O)NC1CCN(CC[C@@H](CN(C)S(=O)(=O)c2ccccc2)c2ccccc2)CC1. The summed E-state index contributed by atoms with van der Waals surface area (Å²) >= 11 is 0. The second kappa shape index (κ2) is 11.4. The number of ether oxygens (including phenoxy) is 1. The minimum atomic E-state index is -3.54. The third kappa shape index (κ3) is 6.54. The molecular weight excluding hydrogens is 426 g/mol. The monoisotopic (exact) mass is 459 g/mol. The molecule has 3 rings (SSSR count). The van der Waals surface area contributed by atoms with Crippen molar-refractivity contribution in [2.24, 2.45) is 0 Å². The maximum Gasteiger partial charge on any atom is 0.407 e. The van der Waals surface area contributed by atoms with Gasteiger partial charge in [-0.15, -0.1) is 0 Å². The van der Waals surface area contributed by atoms with Gasteiger partial charge in [-0.2, -0.15) is 0 Å². The van der Waals surface area contributed by atoms with Crippen LogP contribution in [0.3, 0.4) is 0 Å². The number of nitrogens with zero attached hydrogens (tertiary/aromatic N) is 2. The summed E-state index contributed by atoms with van der Waals surface area (Å²) in [5.41, 5.74) is 1.14. The van der Waals surface area contributed by atoms with Crippen molar-refractivity contribution < 1.29 is 17.9 Å². The number of amides is 1. The van der Waals surface area contributed by atoms with E-state index in [0.29, 0.717) is 11.4 Å². The molecule has 32 heavy (non-hydrogen) atoms. The van der Waals surface area contributed by atoms with Crippen LogP contribution in [0.15, 0.2) is 65.6 Å². The number of likely N-dealkylation sites (tertiary alicyclic amines) is 1. The van der Waals surface area contributed by atoms with Crippen molar-refractivity contribution in [2.75, 3.05) is 40.3 Å². The summed E-state index contributed by atoms with van der Waals surface area (Å²) in [5.74, 6) is 0.0885. The summed E-state index contributed by atoms with van der Waals surface area (Å²) in [6, 6.07) is 18.8. The van der Waals surface area contributed by atoms with E-state index >= 15 is 0 Å². The van der Waals surface area contributed by atoms with E-state index < -0.39 is 10.0 Å². The molecule has 2 aromatic rings. The maximum atomic E-state index is 13.0. The van der Waals surface area contributed by atoms with E-state index in [4.69, 9.17) is 0 Å². The fourth-order valence-corrected chi connectivity index (χ4v) is 5.37. The van der Waals surface area contributed by atoms with Gasteiger partial charge in [0.2, 0.25) is 10.0 Å². The van der Waals surface area contributed by atoms with Crippen molar-refractivity contribution in [1.29, 1.82) is 0 Å². The van der Waals surface area contributed by atoms with Gasteiger partial charge in [-0.3, -0.25) is 0 Å². The second-order valence-corrected chi connectivity index (χ2v) is 10.3. The fourth-order valence-electron chi connectivity index (χ4n) is 4.13. The zero-order valence-electron chi connectivity index (χ0n) is 18.8. The topological polar surface area (TPSA) is 79.0 Å². The molecule has 1 heterocycles. The lowest BCUT2D eigenvalue weighted by atomic mass is 9.94. The van der Waals surface area contributed by atoms with Gasteiger partial charge in [0.1, 0.15) is 0 Å². The largest absolute Gasteiger partial charge is 0.453 e. The van der Waals surface area contributed by atoms with Crippen LogP contribution in [0.2, 0.25) is 0 Å². The van der Waals surface area contributed by atoms with Crippen molar-refractivity contribution in [3.8, 4) is 0 Å². The summed E-state index contributed by atoms with van der Waals surface area (Å²) in [6.45, 7) is 3.09. The van der Waals surface area contributed by atoms with Crippen LogP contribution in [0, 0.1) is 0 Å². The van der Waals surface area contributed by atoms with E-state index in [0.717, 1.165) is 44.5 Å². The first kappa shape index (κ1) is 24.2. The molecule has 1 amide bonds. The van der Waals surface area contributed by atoms with Gasteiger partial charge < -0.3 is 15.0 Å². The molecule has 7 nitrogen and oxygen atoms in total. The lowest BCUT2D eigenvalue weighted by molar-refractivity contribution is 0.150. The molecule has 8 heteroatoms. The molecule has 1 N–H and O–H groups in total. The van der Waals surface area contributed by atoms with Crippen LogP contribution in [-0.2, 0) is 14.8 Å². The smallest absolute Gasteiger partial charge is 0.407 e. The van der Waals surface area contributed by atoms with Crippen LogP contribution >= 0.6 is 0 Å². The number of carbonyl (C=O) groups is 1. The van der Waals surface area contributed by atoms with Crippen LogP contribution in [-0.4, -0.2) is 70.1 Å². The van der Waals surface area contributed by atoms with E-state index in [2.05, 4.69) is 27.1 Å². The molecule has 0 aliphatic carbocycles. The van der Waals surface area contributed by atoms with Gasteiger partial charge in [-0.25, -0.2) is 17.5 Å². The summed E-state index contributed by atoms with van der Waals surface area (Å²) in [5, 5.41) is 2.88. The first-order chi connectivity index (χ1) is 15.4. The molecule has 1 atom stereocenters. The highest BCUT2D eigenvalue weighted by Crippen LogP contribution is 2.25. The number of hydrogen-bond donors (Lipinski definition) is 1. The standard InChI is InChI=1S/C24H33N3O4S/c1-26(32(29,30)23-11-7-4-8-12-23)19-21(20-9-5-3-6-10-20)13-16-27-17-14-22(15-18-27)25-24(28)31-2/h3-12,21-22H,13-19H2,1-2H3,(H,25,28)/t21-/m0/s1. The molecule has 1 aliphatic heterocycles. The van der Waals surface area contributed by atoms with Crippen LogP contribution in [0.1, 0.15) is 30.7 Å². The van der Waals surface area contributed by atoms with Crippen LogP contribution in [0.5, 0.6) is 0 Å². The molecule has 1 fully saturated rings. The van der Waals surface area contributed by atoms with Gasteiger partial charge in [0.05, 0.1) is 12.0 Å². The minimum absolute atomic E-state index is 0.0885. The molecule has 0 aromatic heterocycles. The van der Waals surface area contributed by atoms with E-state index in [-0.39, 0.29) is 18.1 Å². The summed E-state index contributed by atoms with van der Waals surface area (Å²) < 4.78 is 32.2. The molecule has 2 aromatic carbocycles. The van der Waals surface area contributed by atoms with Crippen molar-refractivity contribution >= 4 is 16.1 Å². The molecule has 0 bridgehead atoms. The number of sulfonamides is 1. The van der Waals surface area contributed by atoms with Crippen molar-refractivity contribution in [1.82, 2.24) is 14.5 Å². The first-order valence-corrected chi connectivity index (χ1v) is 12.5. The summed E-state index contributed by atoms with van der Waals surface area (Å²) in [7, 11) is -0.506. The zero-order valence-corrected chi connectivity index (χ0v) is 19.6. The fraction of sp³-hybridized carbons (Fsp3) is 0.458. The molecule has 0 unspecified atom stereocenters. The third-order valence-corrected chi connectivity index (χ3v) is 7.93. The predicted octanol–water partition coefficient (Wildman–Crippen LogP) is 3.30. The average molecular weight is 460 g/mol. The van der Waals surface area contributed by atoms with Gasteiger partial charge in [0.15, 0.2) is 0 Å². The first-order valence-electron chi connectivity index (χ1n) is 11.0. The van der Waals surface area contributed by atoms with Crippen molar-refractivity contribution in [3.05, 3.63) is 66.2 Å². The Morgan fingerprint density at radius 2 is 1.69 bits per heavy atom. The summed E-state index contributed by atoms with van der Waals surface area (Å²) in [4.78, 5) is 14.1. The highest BCUT2D eigenvalue weighted by atomic mass is 32.2. The minimum Gasteiger partial charge on any atom is -0.453 e. The number of benzene rings is 2. The van der Waals surface area contributed by atoms with Gasteiger partial charge in [-0.05, 0) is 49.4 Å². The molecule has 0 spiro atoms. The Bertz CT molecular complexity index is 946. The van der Waals surface area contributed by atoms with Crippen molar-refractivity contribution in [2.45, 2.75) is 36.1 Å². The number of nitrogens with one attached hydrogen (secondary N) is 1. The number of rotatable bonds is 9. The van der Waals surface area contributed by atoms with Gasteiger partial charge in [-0.1, -0.05) is 48.5 Å². The third-order valence-electron chi connectivity index (χ3n) is 6.09. The molecule has 0 saturated carbocycles. The van der Waals surface area contributed by atoms with Crippen LogP contribution < -0.4 is 5.32 Å². The van der Waals surface area contributed by atoms with E-state index in [1.807, 2.05) is 24.3 Å². The Hall–Kier alpha value is -2.42.